The number of aromatic nitrogens is 1. The average Bonchev–Trinajstić information content (AvgIpc) is 3.20. The first-order chi connectivity index (χ1) is 14.0. The first-order valence-corrected chi connectivity index (χ1v) is 10.8. The van der Waals surface area contributed by atoms with Crippen LogP contribution in [0.25, 0.3) is 16.9 Å². The molecule has 0 aliphatic carbocycles. The van der Waals surface area contributed by atoms with Gasteiger partial charge in [0, 0.05) is 24.7 Å². The van der Waals surface area contributed by atoms with Gasteiger partial charge in [-0.05, 0) is 42.7 Å². The van der Waals surface area contributed by atoms with Crippen LogP contribution in [0.15, 0.2) is 70.1 Å². The second-order valence-electron chi connectivity index (χ2n) is 6.91. The summed E-state index contributed by atoms with van der Waals surface area (Å²) in [5.74, 6) is 0.828. The molecule has 1 aromatic heterocycles. The number of benzene rings is 2. The summed E-state index contributed by atoms with van der Waals surface area (Å²) in [6, 6.07) is 16.8. The number of hydrogen-bond acceptors (Lipinski definition) is 5. The Hall–Kier alpha value is -2.90. The molecule has 0 atom stereocenters. The maximum atomic E-state index is 13.4. The third-order valence-corrected chi connectivity index (χ3v) is 6.90. The van der Waals surface area contributed by atoms with Crippen LogP contribution in [0, 0.1) is 6.92 Å². The number of ether oxygens (including phenoxy) is 1. The second-order valence-corrected chi connectivity index (χ2v) is 8.81. The number of nitrogens with zero attached hydrogens (tertiary/aromatic N) is 2. The van der Waals surface area contributed by atoms with Gasteiger partial charge in [-0.15, -0.1) is 0 Å². The van der Waals surface area contributed by atoms with Crippen LogP contribution in [0.1, 0.15) is 17.7 Å². The molecular formula is C22H22N2O4S. The molecule has 29 heavy (non-hydrogen) atoms. The highest BCUT2D eigenvalue weighted by molar-refractivity contribution is 7.89. The number of rotatable bonds is 5. The SMILES string of the molecule is COc1ccc(-c2cc(C)no2)cc1S(=O)(=O)N1CC=C(c2ccccc2)CC1. The van der Waals surface area contributed by atoms with E-state index in [1.165, 1.54) is 11.4 Å². The molecule has 0 N–H and O–H groups in total. The summed E-state index contributed by atoms with van der Waals surface area (Å²) < 4.78 is 38.9. The van der Waals surface area contributed by atoms with E-state index in [0.717, 1.165) is 16.8 Å². The smallest absolute Gasteiger partial charge is 0.247 e. The Morgan fingerprint density at radius 2 is 1.86 bits per heavy atom. The van der Waals surface area contributed by atoms with E-state index in [-0.39, 0.29) is 4.90 Å². The molecule has 2 heterocycles. The van der Waals surface area contributed by atoms with Gasteiger partial charge in [0.15, 0.2) is 5.76 Å². The van der Waals surface area contributed by atoms with Crippen LogP contribution >= 0.6 is 0 Å². The van der Waals surface area contributed by atoms with Crippen molar-refractivity contribution < 1.29 is 17.7 Å². The molecule has 0 saturated heterocycles. The Morgan fingerprint density at radius 1 is 1.07 bits per heavy atom. The summed E-state index contributed by atoms with van der Waals surface area (Å²) in [6.45, 7) is 2.55. The fraction of sp³-hybridized carbons (Fsp3) is 0.227. The normalized spacial score (nSPS) is 15.2. The predicted octanol–water partition coefficient (Wildman–Crippen LogP) is 4.14. The number of aryl methyl sites for hydroxylation is 1. The third kappa shape index (κ3) is 3.83. The number of sulfonamides is 1. The van der Waals surface area contributed by atoms with Crippen LogP contribution in [0.2, 0.25) is 0 Å². The molecular weight excluding hydrogens is 388 g/mol. The molecule has 4 rings (SSSR count). The zero-order valence-corrected chi connectivity index (χ0v) is 17.1. The molecule has 150 valence electrons. The van der Waals surface area contributed by atoms with E-state index in [9.17, 15) is 8.42 Å². The third-order valence-electron chi connectivity index (χ3n) is 5.01. The number of methoxy groups -OCH3 is 1. The molecule has 7 heteroatoms. The molecule has 1 aliphatic heterocycles. The fourth-order valence-corrected chi connectivity index (χ4v) is 5.02. The lowest BCUT2D eigenvalue weighted by atomic mass is 10.0. The van der Waals surface area contributed by atoms with Gasteiger partial charge in [0.2, 0.25) is 10.0 Å². The first-order valence-electron chi connectivity index (χ1n) is 9.35. The average molecular weight is 410 g/mol. The van der Waals surface area contributed by atoms with Crippen molar-refractivity contribution in [2.75, 3.05) is 20.2 Å². The maximum Gasteiger partial charge on any atom is 0.247 e. The van der Waals surface area contributed by atoms with Gasteiger partial charge in [-0.1, -0.05) is 41.6 Å². The Balaban J connectivity index is 1.66. The van der Waals surface area contributed by atoms with Crippen molar-refractivity contribution in [1.82, 2.24) is 9.46 Å². The monoisotopic (exact) mass is 410 g/mol. The molecule has 0 amide bonds. The maximum absolute atomic E-state index is 13.4. The number of hydrogen-bond donors (Lipinski definition) is 0. The highest BCUT2D eigenvalue weighted by atomic mass is 32.2. The van der Waals surface area contributed by atoms with Gasteiger partial charge in [-0.2, -0.15) is 4.31 Å². The van der Waals surface area contributed by atoms with Crippen molar-refractivity contribution in [3.05, 3.63) is 71.9 Å². The Labute approximate surface area is 170 Å². The van der Waals surface area contributed by atoms with Crippen molar-refractivity contribution in [3.63, 3.8) is 0 Å². The fourth-order valence-electron chi connectivity index (χ4n) is 3.45. The second kappa shape index (κ2) is 7.85. The molecule has 0 radical (unpaired) electrons. The molecule has 0 unspecified atom stereocenters. The Bertz CT molecular complexity index is 1150. The lowest BCUT2D eigenvalue weighted by molar-refractivity contribution is 0.394. The minimum Gasteiger partial charge on any atom is -0.495 e. The minimum atomic E-state index is -3.73. The summed E-state index contributed by atoms with van der Waals surface area (Å²) in [5.41, 5.74) is 3.66. The first kappa shape index (κ1) is 19.4. The summed E-state index contributed by atoms with van der Waals surface area (Å²) in [4.78, 5) is 0.128. The Morgan fingerprint density at radius 3 is 2.48 bits per heavy atom. The summed E-state index contributed by atoms with van der Waals surface area (Å²) in [7, 11) is -2.26. The van der Waals surface area contributed by atoms with E-state index in [0.29, 0.717) is 36.6 Å². The molecule has 2 aromatic carbocycles. The van der Waals surface area contributed by atoms with E-state index in [1.807, 2.05) is 43.3 Å². The van der Waals surface area contributed by atoms with Crippen LogP contribution in [0.5, 0.6) is 5.75 Å². The van der Waals surface area contributed by atoms with Gasteiger partial charge in [0.1, 0.15) is 10.6 Å². The van der Waals surface area contributed by atoms with Crippen LogP contribution < -0.4 is 4.74 Å². The van der Waals surface area contributed by atoms with Gasteiger partial charge in [-0.3, -0.25) is 0 Å². The molecule has 0 fully saturated rings. The molecule has 0 saturated carbocycles. The van der Waals surface area contributed by atoms with Gasteiger partial charge in [0.05, 0.1) is 12.8 Å². The van der Waals surface area contributed by atoms with E-state index < -0.39 is 10.0 Å². The van der Waals surface area contributed by atoms with Gasteiger partial charge < -0.3 is 9.26 Å². The summed E-state index contributed by atoms with van der Waals surface area (Å²) in [5, 5.41) is 3.88. The van der Waals surface area contributed by atoms with Crippen molar-refractivity contribution >= 4 is 15.6 Å². The summed E-state index contributed by atoms with van der Waals surface area (Å²) >= 11 is 0. The quantitative estimate of drug-likeness (QED) is 0.632. The standard InChI is InChI=1S/C22H22N2O4S/c1-16-14-21(28-23-16)19-8-9-20(27-2)22(15-19)29(25,26)24-12-10-18(11-13-24)17-6-4-3-5-7-17/h3-10,14-15H,11-13H2,1-2H3. The summed E-state index contributed by atoms with van der Waals surface area (Å²) in [6.07, 6.45) is 2.64. The molecule has 0 bridgehead atoms. The van der Waals surface area contributed by atoms with E-state index in [1.54, 1.807) is 24.3 Å². The van der Waals surface area contributed by atoms with E-state index in [2.05, 4.69) is 5.16 Å². The molecule has 0 spiro atoms. The van der Waals surface area contributed by atoms with Crippen LogP contribution in [0.4, 0.5) is 0 Å². The lowest BCUT2D eigenvalue weighted by Gasteiger charge is -2.26. The van der Waals surface area contributed by atoms with Crippen molar-refractivity contribution in [2.45, 2.75) is 18.2 Å². The molecule has 3 aromatic rings. The van der Waals surface area contributed by atoms with Crippen molar-refractivity contribution in [1.29, 1.82) is 0 Å². The lowest BCUT2D eigenvalue weighted by Crippen LogP contribution is -2.34. The van der Waals surface area contributed by atoms with Crippen LogP contribution in [0.3, 0.4) is 0 Å². The van der Waals surface area contributed by atoms with Gasteiger partial charge in [0.25, 0.3) is 0 Å². The van der Waals surface area contributed by atoms with Crippen LogP contribution in [-0.4, -0.2) is 38.1 Å². The van der Waals surface area contributed by atoms with Crippen molar-refractivity contribution in [2.24, 2.45) is 0 Å². The van der Waals surface area contributed by atoms with Crippen LogP contribution in [-0.2, 0) is 10.0 Å². The Kier molecular flexibility index (Phi) is 5.25. The van der Waals surface area contributed by atoms with E-state index in [4.69, 9.17) is 9.26 Å². The predicted molar refractivity (Wildman–Crippen MR) is 111 cm³/mol. The zero-order chi connectivity index (χ0) is 20.4. The largest absolute Gasteiger partial charge is 0.495 e. The van der Waals surface area contributed by atoms with Gasteiger partial charge in [-0.25, -0.2) is 8.42 Å². The van der Waals surface area contributed by atoms with Crippen molar-refractivity contribution in [3.8, 4) is 17.1 Å². The highest BCUT2D eigenvalue weighted by Gasteiger charge is 2.30. The van der Waals surface area contributed by atoms with E-state index >= 15 is 0 Å². The highest BCUT2D eigenvalue weighted by Crippen LogP contribution is 2.34. The topological polar surface area (TPSA) is 72.6 Å². The van der Waals surface area contributed by atoms with Gasteiger partial charge >= 0.3 is 0 Å². The molecule has 6 nitrogen and oxygen atoms in total. The minimum absolute atomic E-state index is 0.128. The molecule has 1 aliphatic rings. The zero-order valence-electron chi connectivity index (χ0n) is 16.3.